The number of hydrogen-bond donors (Lipinski definition) is 1. The number of rotatable bonds is 8. The third kappa shape index (κ3) is 5.10. The van der Waals surface area contributed by atoms with Crippen LogP contribution in [0.1, 0.15) is 42.9 Å². The predicted molar refractivity (Wildman–Crippen MR) is 97.6 cm³/mol. The summed E-state index contributed by atoms with van der Waals surface area (Å²) in [6.45, 7) is 8.58. The topological polar surface area (TPSA) is 103 Å². The van der Waals surface area contributed by atoms with E-state index in [1.807, 2.05) is 25.6 Å². The smallest absolute Gasteiger partial charge is 0.220 e. The van der Waals surface area contributed by atoms with Gasteiger partial charge in [0.2, 0.25) is 5.91 Å². The molecule has 2 aromatic heterocycles. The van der Waals surface area contributed by atoms with Crippen LogP contribution in [0.15, 0.2) is 6.20 Å². The summed E-state index contributed by atoms with van der Waals surface area (Å²) in [5.41, 5.74) is 2.10. The SMILES string of the molecule is Cc1c(C(C)NC(=O)CCCn2nnnc2CN2CCOCC2)cnn1C. The molecule has 1 aliphatic heterocycles. The lowest BCUT2D eigenvalue weighted by molar-refractivity contribution is -0.121. The Morgan fingerprint density at radius 1 is 1.37 bits per heavy atom. The summed E-state index contributed by atoms with van der Waals surface area (Å²) in [7, 11) is 1.90. The molecule has 3 rings (SSSR count). The standard InChI is InChI=1S/C17H28N8O2/c1-13(15-11-18-23(3)14(15)2)19-17(26)5-4-6-25-16(20-21-22-25)12-24-7-9-27-10-8-24/h11,13H,4-10,12H2,1-3H3,(H,19,26). The fourth-order valence-corrected chi connectivity index (χ4v) is 3.19. The van der Waals surface area contributed by atoms with Gasteiger partial charge in [0.25, 0.3) is 0 Å². The number of carbonyl (C=O) groups is 1. The van der Waals surface area contributed by atoms with E-state index < -0.39 is 0 Å². The molecule has 0 spiro atoms. The molecule has 1 saturated heterocycles. The molecule has 1 atom stereocenters. The van der Waals surface area contributed by atoms with Crippen molar-refractivity contribution in [3.05, 3.63) is 23.3 Å². The van der Waals surface area contributed by atoms with Crippen molar-refractivity contribution in [2.45, 2.75) is 45.8 Å². The van der Waals surface area contributed by atoms with Crippen LogP contribution in [-0.4, -0.2) is 67.1 Å². The quantitative estimate of drug-likeness (QED) is 0.702. The van der Waals surface area contributed by atoms with E-state index in [9.17, 15) is 4.79 Å². The molecule has 0 aliphatic carbocycles. The molecule has 10 nitrogen and oxygen atoms in total. The van der Waals surface area contributed by atoms with Gasteiger partial charge in [-0.1, -0.05) is 0 Å². The summed E-state index contributed by atoms with van der Waals surface area (Å²) in [4.78, 5) is 14.5. The summed E-state index contributed by atoms with van der Waals surface area (Å²) < 4.78 is 8.96. The first-order chi connectivity index (χ1) is 13.0. The molecule has 0 radical (unpaired) electrons. The number of aromatic nitrogens is 6. The van der Waals surface area contributed by atoms with Crippen LogP contribution in [0.3, 0.4) is 0 Å². The van der Waals surface area contributed by atoms with E-state index in [0.717, 1.165) is 43.4 Å². The maximum absolute atomic E-state index is 12.3. The van der Waals surface area contributed by atoms with Crippen molar-refractivity contribution in [3.63, 3.8) is 0 Å². The molecule has 3 heterocycles. The third-order valence-electron chi connectivity index (χ3n) is 4.97. The van der Waals surface area contributed by atoms with Crippen LogP contribution in [0.25, 0.3) is 0 Å². The van der Waals surface area contributed by atoms with Gasteiger partial charge in [-0.05, 0) is 30.7 Å². The molecule has 10 heteroatoms. The first kappa shape index (κ1) is 19.4. The average Bonchev–Trinajstić information content (AvgIpc) is 3.23. The van der Waals surface area contributed by atoms with Crippen LogP contribution < -0.4 is 5.32 Å². The maximum Gasteiger partial charge on any atom is 0.220 e. The molecule has 148 valence electrons. The lowest BCUT2D eigenvalue weighted by atomic mass is 10.1. The lowest BCUT2D eigenvalue weighted by Gasteiger charge is -2.25. The van der Waals surface area contributed by atoms with Crippen molar-refractivity contribution in [2.75, 3.05) is 26.3 Å². The molecule has 1 fully saturated rings. The van der Waals surface area contributed by atoms with Crippen LogP contribution >= 0.6 is 0 Å². The normalized spacial score (nSPS) is 16.4. The second kappa shape index (κ2) is 9.05. The highest BCUT2D eigenvalue weighted by Gasteiger charge is 2.16. The molecule has 0 bridgehead atoms. The minimum Gasteiger partial charge on any atom is -0.379 e. The van der Waals surface area contributed by atoms with Gasteiger partial charge in [-0.2, -0.15) is 5.10 Å². The molecule has 1 N–H and O–H groups in total. The summed E-state index contributed by atoms with van der Waals surface area (Å²) in [6, 6.07) is -0.0591. The Labute approximate surface area is 158 Å². The second-order valence-corrected chi connectivity index (χ2v) is 6.91. The van der Waals surface area contributed by atoms with Gasteiger partial charge in [0, 0.05) is 44.4 Å². The number of nitrogens with one attached hydrogen (secondary N) is 1. The van der Waals surface area contributed by atoms with Crippen molar-refractivity contribution >= 4 is 5.91 Å². The van der Waals surface area contributed by atoms with E-state index in [1.54, 1.807) is 10.9 Å². The fraction of sp³-hybridized carbons (Fsp3) is 0.706. The van der Waals surface area contributed by atoms with Gasteiger partial charge in [-0.25, -0.2) is 4.68 Å². The number of carbonyl (C=O) groups excluding carboxylic acids is 1. The number of nitrogens with zero attached hydrogens (tertiary/aromatic N) is 7. The van der Waals surface area contributed by atoms with Gasteiger partial charge in [0.15, 0.2) is 5.82 Å². The average molecular weight is 376 g/mol. The molecule has 0 saturated carbocycles. The number of hydrogen-bond acceptors (Lipinski definition) is 7. The number of morpholine rings is 1. The zero-order valence-electron chi connectivity index (χ0n) is 16.3. The van der Waals surface area contributed by atoms with Gasteiger partial charge in [0.1, 0.15) is 0 Å². The predicted octanol–water partition coefficient (Wildman–Crippen LogP) is 0.205. The highest BCUT2D eigenvalue weighted by Crippen LogP contribution is 2.16. The molecule has 2 aromatic rings. The van der Waals surface area contributed by atoms with Crippen LogP contribution in [-0.2, 0) is 29.7 Å². The Morgan fingerprint density at radius 3 is 2.85 bits per heavy atom. The summed E-state index contributed by atoms with van der Waals surface area (Å²) >= 11 is 0. The highest BCUT2D eigenvalue weighted by atomic mass is 16.5. The molecule has 1 amide bonds. The van der Waals surface area contributed by atoms with Crippen molar-refractivity contribution in [3.8, 4) is 0 Å². The minimum absolute atomic E-state index is 0.0218. The van der Waals surface area contributed by atoms with Crippen molar-refractivity contribution < 1.29 is 9.53 Å². The largest absolute Gasteiger partial charge is 0.379 e. The zero-order valence-corrected chi connectivity index (χ0v) is 16.3. The van der Waals surface area contributed by atoms with Gasteiger partial charge >= 0.3 is 0 Å². The lowest BCUT2D eigenvalue weighted by Crippen LogP contribution is -2.36. The van der Waals surface area contributed by atoms with Gasteiger partial charge < -0.3 is 10.1 Å². The molecule has 1 aliphatic rings. The fourth-order valence-electron chi connectivity index (χ4n) is 3.19. The van der Waals surface area contributed by atoms with Crippen LogP contribution in [0.5, 0.6) is 0 Å². The summed E-state index contributed by atoms with van der Waals surface area (Å²) in [5.74, 6) is 0.852. The Kier molecular flexibility index (Phi) is 6.51. The Morgan fingerprint density at radius 2 is 2.15 bits per heavy atom. The van der Waals surface area contributed by atoms with Crippen LogP contribution in [0, 0.1) is 6.92 Å². The van der Waals surface area contributed by atoms with E-state index in [4.69, 9.17) is 4.74 Å². The van der Waals surface area contributed by atoms with Crippen molar-refractivity contribution in [2.24, 2.45) is 7.05 Å². The number of amides is 1. The van der Waals surface area contributed by atoms with E-state index >= 15 is 0 Å². The van der Waals surface area contributed by atoms with Crippen molar-refractivity contribution in [1.29, 1.82) is 0 Å². The number of aryl methyl sites for hydroxylation is 2. The second-order valence-electron chi connectivity index (χ2n) is 6.91. The first-order valence-electron chi connectivity index (χ1n) is 9.37. The molecular weight excluding hydrogens is 348 g/mol. The highest BCUT2D eigenvalue weighted by molar-refractivity contribution is 5.76. The minimum atomic E-state index is -0.0591. The number of ether oxygens (including phenoxy) is 1. The van der Waals surface area contributed by atoms with Crippen LogP contribution in [0.4, 0.5) is 0 Å². The van der Waals surface area contributed by atoms with E-state index in [1.165, 1.54) is 0 Å². The van der Waals surface area contributed by atoms with E-state index in [2.05, 4.69) is 30.8 Å². The van der Waals surface area contributed by atoms with Gasteiger partial charge in [0.05, 0.1) is 32.0 Å². The Balaban J connectivity index is 1.43. The van der Waals surface area contributed by atoms with Crippen LogP contribution in [0.2, 0.25) is 0 Å². The molecule has 1 unspecified atom stereocenters. The van der Waals surface area contributed by atoms with Gasteiger partial charge in [-0.15, -0.1) is 5.10 Å². The summed E-state index contributed by atoms with van der Waals surface area (Å²) in [6.07, 6.45) is 2.92. The molecular formula is C17H28N8O2. The molecule has 27 heavy (non-hydrogen) atoms. The molecule has 0 aromatic carbocycles. The van der Waals surface area contributed by atoms with E-state index in [0.29, 0.717) is 25.9 Å². The summed E-state index contributed by atoms with van der Waals surface area (Å²) in [5, 5.41) is 19.2. The van der Waals surface area contributed by atoms with Gasteiger partial charge in [-0.3, -0.25) is 14.4 Å². The Bertz CT molecular complexity index is 750. The monoisotopic (exact) mass is 376 g/mol. The third-order valence-corrected chi connectivity index (χ3v) is 4.97. The number of tetrazole rings is 1. The Hall–Kier alpha value is -2.33. The zero-order chi connectivity index (χ0) is 19.2. The first-order valence-corrected chi connectivity index (χ1v) is 9.37. The van der Waals surface area contributed by atoms with Crippen molar-refractivity contribution in [1.82, 2.24) is 40.2 Å². The maximum atomic E-state index is 12.3. The van der Waals surface area contributed by atoms with E-state index in [-0.39, 0.29) is 11.9 Å².